The van der Waals surface area contributed by atoms with Gasteiger partial charge in [0, 0.05) is 10.0 Å². The maximum atomic E-state index is 12.7. The second-order valence-electron chi connectivity index (χ2n) is 2.97. The Morgan fingerprint density at radius 2 is 2.19 bits per heavy atom. The average Bonchev–Trinajstić information content (AvgIpc) is 2.19. The van der Waals surface area contributed by atoms with Crippen molar-refractivity contribution in [1.82, 2.24) is 0 Å². The first-order chi connectivity index (χ1) is 7.47. The fourth-order valence-corrected chi connectivity index (χ4v) is 1.80. The van der Waals surface area contributed by atoms with E-state index in [-0.39, 0.29) is 15.6 Å². The smallest absolute Gasteiger partial charge is 0.307 e. The first-order valence-corrected chi connectivity index (χ1v) is 4.98. The van der Waals surface area contributed by atoms with Crippen molar-refractivity contribution in [1.29, 1.82) is 5.26 Å². The molecule has 0 amide bonds. The van der Waals surface area contributed by atoms with E-state index >= 15 is 0 Å². The predicted octanol–water partition coefficient (Wildman–Crippen LogP) is 2.89. The third kappa shape index (κ3) is 2.55. The summed E-state index contributed by atoms with van der Waals surface area (Å²) < 4.78 is 25.7. The standard InChI is InChI=1S/C10H6BrF2NO2/c11-7-2-1-5(4-14)9(10(12)13)6(7)3-8(15)16/h1-2,10H,3H2,(H,15,16). The third-order valence-corrected chi connectivity index (χ3v) is 2.71. The zero-order chi connectivity index (χ0) is 12.3. The highest BCUT2D eigenvalue weighted by molar-refractivity contribution is 9.10. The zero-order valence-electron chi connectivity index (χ0n) is 7.88. The van der Waals surface area contributed by atoms with Gasteiger partial charge in [0.2, 0.25) is 0 Å². The van der Waals surface area contributed by atoms with Crippen molar-refractivity contribution < 1.29 is 18.7 Å². The van der Waals surface area contributed by atoms with E-state index < -0.39 is 24.4 Å². The highest BCUT2D eigenvalue weighted by atomic mass is 79.9. The molecule has 3 nitrogen and oxygen atoms in total. The van der Waals surface area contributed by atoms with E-state index in [4.69, 9.17) is 10.4 Å². The molecule has 0 aliphatic carbocycles. The lowest BCUT2D eigenvalue weighted by molar-refractivity contribution is -0.136. The van der Waals surface area contributed by atoms with Gasteiger partial charge in [-0.05, 0) is 17.7 Å². The first-order valence-electron chi connectivity index (χ1n) is 4.18. The molecule has 0 spiro atoms. The molecule has 1 N–H and O–H groups in total. The number of rotatable bonds is 3. The summed E-state index contributed by atoms with van der Waals surface area (Å²) in [4.78, 5) is 10.5. The number of carboxylic acids is 1. The Kier molecular flexibility index (Phi) is 3.96. The molecule has 0 fully saturated rings. The van der Waals surface area contributed by atoms with Crippen LogP contribution in [-0.4, -0.2) is 11.1 Å². The summed E-state index contributed by atoms with van der Waals surface area (Å²) in [5.41, 5.74) is -0.768. The van der Waals surface area contributed by atoms with Gasteiger partial charge in [0.05, 0.1) is 18.1 Å². The minimum Gasteiger partial charge on any atom is -0.481 e. The van der Waals surface area contributed by atoms with Crippen molar-refractivity contribution in [3.05, 3.63) is 33.3 Å². The van der Waals surface area contributed by atoms with Gasteiger partial charge in [0.15, 0.2) is 0 Å². The van der Waals surface area contributed by atoms with Crippen LogP contribution in [0.15, 0.2) is 16.6 Å². The van der Waals surface area contributed by atoms with Gasteiger partial charge >= 0.3 is 5.97 Å². The number of halogens is 3. The van der Waals surface area contributed by atoms with Crippen molar-refractivity contribution in [2.45, 2.75) is 12.8 Å². The Morgan fingerprint density at radius 3 is 2.62 bits per heavy atom. The van der Waals surface area contributed by atoms with E-state index in [1.54, 1.807) is 6.07 Å². The van der Waals surface area contributed by atoms with Gasteiger partial charge in [0.25, 0.3) is 6.43 Å². The quantitative estimate of drug-likeness (QED) is 0.931. The molecule has 0 aliphatic rings. The van der Waals surface area contributed by atoms with Gasteiger partial charge in [-0.25, -0.2) is 8.78 Å². The van der Waals surface area contributed by atoms with E-state index in [2.05, 4.69) is 15.9 Å². The number of hydrogen-bond donors (Lipinski definition) is 1. The number of hydrogen-bond acceptors (Lipinski definition) is 2. The molecule has 1 aromatic carbocycles. The molecule has 0 heterocycles. The summed E-state index contributed by atoms with van der Waals surface area (Å²) in [6, 6.07) is 4.25. The van der Waals surface area contributed by atoms with Gasteiger partial charge in [0.1, 0.15) is 0 Å². The second-order valence-corrected chi connectivity index (χ2v) is 3.82. The molecule has 16 heavy (non-hydrogen) atoms. The Bertz CT molecular complexity index is 469. The van der Waals surface area contributed by atoms with Crippen LogP contribution in [0.2, 0.25) is 0 Å². The summed E-state index contributed by atoms with van der Waals surface area (Å²) in [7, 11) is 0. The molecular formula is C10H6BrF2NO2. The first kappa shape index (κ1) is 12.6. The van der Waals surface area contributed by atoms with Crippen molar-refractivity contribution in [2.24, 2.45) is 0 Å². The largest absolute Gasteiger partial charge is 0.481 e. The topological polar surface area (TPSA) is 61.1 Å². The molecule has 0 atom stereocenters. The van der Waals surface area contributed by atoms with Crippen molar-refractivity contribution in [3.63, 3.8) is 0 Å². The summed E-state index contributed by atoms with van der Waals surface area (Å²) in [6.45, 7) is 0. The fourth-order valence-electron chi connectivity index (χ4n) is 1.32. The molecule has 84 valence electrons. The second kappa shape index (κ2) is 5.03. The number of nitrogens with zero attached hydrogens (tertiary/aromatic N) is 1. The van der Waals surface area contributed by atoms with E-state index in [9.17, 15) is 13.6 Å². The number of carbonyl (C=O) groups is 1. The number of nitriles is 1. The van der Waals surface area contributed by atoms with Crippen LogP contribution in [0.25, 0.3) is 0 Å². The van der Waals surface area contributed by atoms with E-state index in [0.29, 0.717) is 0 Å². The highest BCUT2D eigenvalue weighted by Gasteiger charge is 2.21. The number of carboxylic acid groups (broad SMARTS) is 1. The lowest BCUT2D eigenvalue weighted by Crippen LogP contribution is -2.07. The minimum absolute atomic E-state index is 0.0541. The van der Waals surface area contributed by atoms with Crippen LogP contribution >= 0.6 is 15.9 Å². The summed E-state index contributed by atoms with van der Waals surface area (Å²) in [6.07, 6.45) is -3.42. The van der Waals surface area contributed by atoms with Crippen LogP contribution in [0.1, 0.15) is 23.1 Å². The maximum absolute atomic E-state index is 12.7. The highest BCUT2D eigenvalue weighted by Crippen LogP contribution is 2.32. The van der Waals surface area contributed by atoms with Crippen molar-refractivity contribution in [3.8, 4) is 6.07 Å². The Hall–Kier alpha value is -1.48. The van der Waals surface area contributed by atoms with Gasteiger partial charge in [-0.2, -0.15) is 5.26 Å². The van der Waals surface area contributed by atoms with Gasteiger partial charge in [-0.3, -0.25) is 4.79 Å². The van der Waals surface area contributed by atoms with Crippen LogP contribution in [0, 0.1) is 11.3 Å². The monoisotopic (exact) mass is 289 g/mol. The van der Waals surface area contributed by atoms with Crippen molar-refractivity contribution >= 4 is 21.9 Å². The molecule has 0 radical (unpaired) electrons. The molecule has 0 bridgehead atoms. The summed E-state index contributed by atoms with van der Waals surface area (Å²) in [5, 5.41) is 17.3. The van der Waals surface area contributed by atoms with Crippen LogP contribution in [0.5, 0.6) is 0 Å². The molecule has 0 aromatic heterocycles. The van der Waals surface area contributed by atoms with Gasteiger partial charge in [-0.1, -0.05) is 15.9 Å². The molecule has 6 heteroatoms. The molecule has 1 aromatic rings. The number of benzene rings is 1. The number of aliphatic carboxylic acids is 1. The van der Waals surface area contributed by atoms with Crippen LogP contribution in [-0.2, 0) is 11.2 Å². The number of alkyl halides is 2. The van der Waals surface area contributed by atoms with Crippen LogP contribution in [0.4, 0.5) is 8.78 Å². The molecule has 1 rings (SSSR count). The Labute approximate surface area is 98.4 Å². The molecule has 0 saturated carbocycles. The lowest BCUT2D eigenvalue weighted by Gasteiger charge is -2.10. The Morgan fingerprint density at radius 1 is 1.56 bits per heavy atom. The molecular weight excluding hydrogens is 284 g/mol. The SMILES string of the molecule is N#Cc1ccc(Br)c(CC(=O)O)c1C(F)F. The molecule has 0 saturated heterocycles. The predicted molar refractivity (Wildman–Crippen MR) is 55.2 cm³/mol. The maximum Gasteiger partial charge on any atom is 0.307 e. The van der Waals surface area contributed by atoms with Crippen LogP contribution < -0.4 is 0 Å². The summed E-state index contributed by atoms with van der Waals surface area (Å²) >= 11 is 3.00. The molecule has 0 aliphatic heterocycles. The van der Waals surface area contributed by atoms with Crippen LogP contribution in [0.3, 0.4) is 0 Å². The van der Waals surface area contributed by atoms with E-state index in [1.165, 1.54) is 12.1 Å². The van der Waals surface area contributed by atoms with E-state index in [1.807, 2.05) is 0 Å². The van der Waals surface area contributed by atoms with Gasteiger partial charge < -0.3 is 5.11 Å². The fraction of sp³-hybridized carbons (Fsp3) is 0.200. The normalized spacial score (nSPS) is 10.2. The summed E-state index contributed by atoms with van der Waals surface area (Å²) in [5.74, 6) is -1.22. The molecule has 0 unspecified atom stereocenters. The zero-order valence-corrected chi connectivity index (χ0v) is 9.46. The van der Waals surface area contributed by atoms with Gasteiger partial charge in [-0.15, -0.1) is 0 Å². The minimum atomic E-state index is -2.87. The van der Waals surface area contributed by atoms with Crippen molar-refractivity contribution in [2.75, 3.05) is 0 Å². The Balaban J connectivity index is 3.43. The third-order valence-electron chi connectivity index (χ3n) is 1.97. The average molecular weight is 290 g/mol. The van der Waals surface area contributed by atoms with E-state index in [0.717, 1.165) is 0 Å². The lowest BCUT2D eigenvalue weighted by atomic mass is 10.00.